The lowest BCUT2D eigenvalue weighted by Crippen LogP contribution is -2.25. The maximum atomic E-state index is 9.93. The van der Waals surface area contributed by atoms with Gasteiger partial charge in [-0.05, 0) is 25.5 Å². The van der Waals surface area contributed by atoms with Gasteiger partial charge < -0.3 is 15.6 Å². The van der Waals surface area contributed by atoms with Crippen LogP contribution in [0.15, 0.2) is 12.1 Å². The highest BCUT2D eigenvalue weighted by molar-refractivity contribution is 6.31. The van der Waals surface area contributed by atoms with Gasteiger partial charge in [-0.2, -0.15) is 0 Å². The molecule has 2 unspecified atom stereocenters. The molecule has 2 atom stereocenters. The molecule has 0 saturated carbocycles. The fourth-order valence-electron chi connectivity index (χ4n) is 1.49. The van der Waals surface area contributed by atoms with Crippen LogP contribution in [0, 0.1) is 6.92 Å². The standard InChI is InChI=1S/C11H16ClNO2/c1-6-4-5-8(12)9(11(6)15-3)10(14)7(2)13/h4-5,7,10,14H,13H2,1-3H3. The van der Waals surface area contributed by atoms with Crippen molar-refractivity contribution in [2.75, 3.05) is 7.11 Å². The third-order valence-electron chi connectivity index (χ3n) is 2.34. The van der Waals surface area contributed by atoms with Gasteiger partial charge in [0.1, 0.15) is 5.75 Å². The van der Waals surface area contributed by atoms with E-state index in [9.17, 15) is 5.11 Å². The number of aliphatic hydroxyl groups is 1. The zero-order chi connectivity index (χ0) is 11.6. The quantitative estimate of drug-likeness (QED) is 0.834. The molecule has 15 heavy (non-hydrogen) atoms. The number of hydrogen-bond acceptors (Lipinski definition) is 3. The van der Waals surface area contributed by atoms with Gasteiger partial charge in [-0.3, -0.25) is 0 Å². The van der Waals surface area contributed by atoms with Gasteiger partial charge >= 0.3 is 0 Å². The molecule has 3 nitrogen and oxygen atoms in total. The molecule has 1 aromatic carbocycles. The Kier molecular flexibility index (Phi) is 3.97. The third-order valence-corrected chi connectivity index (χ3v) is 2.67. The summed E-state index contributed by atoms with van der Waals surface area (Å²) < 4.78 is 5.23. The molecule has 1 rings (SSSR count). The van der Waals surface area contributed by atoms with E-state index in [1.165, 1.54) is 0 Å². The highest BCUT2D eigenvalue weighted by atomic mass is 35.5. The van der Waals surface area contributed by atoms with E-state index in [-0.39, 0.29) is 0 Å². The first-order valence-electron chi connectivity index (χ1n) is 4.75. The van der Waals surface area contributed by atoms with Crippen molar-refractivity contribution in [3.63, 3.8) is 0 Å². The van der Waals surface area contributed by atoms with Gasteiger partial charge in [0.2, 0.25) is 0 Å². The number of nitrogens with two attached hydrogens (primary N) is 1. The first-order chi connectivity index (χ1) is 6.99. The molecule has 0 fully saturated rings. The SMILES string of the molecule is COc1c(C)ccc(Cl)c1C(O)C(C)N. The van der Waals surface area contributed by atoms with Crippen molar-refractivity contribution in [2.24, 2.45) is 5.73 Å². The van der Waals surface area contributed by atoms with Gasteiger partial charge in [-0.25, -0.2) is 0 Å². The average Bonchev–Trinajstić information content (AvgIpc) is 2.19. The molecule has 0 aliphatic carbocycles. The van der Waals surface area contributed by atoms with Gasteiger partial charge in [0.05, 0.1) is 18.2 Å². The number of benzene rings is 1. The Morgan fingerprint density at radius 3 is 2.53 bits per heavy atom. The second kappa shape index (κ2) is 4.84. The van der Waals surface area contributed by atoms with Gasteiger partial charge in [0.25, 0.3) is 0 Å². The predicted molar refractivity (Wildman–Crippen MR) is 61.4 cm³/mol. The lowest BCUT2D eigenvalue weighted by molar-refractivity contribution is 0.149. The molecule has 0 aromatic heterocycles. The summed E-state index contributed by atoms with van der Waals surface area (Å²) in [7, 11) is 1.55. The Bertz CT molecular complexity index is 353. The molecule has 0 amide bonds. The molecule has 3 N–H and O–H groups in total. The molecule has 4 heteroatoms. The number of rotatable bonds is 3. The van der Waals surface area contributed by atoms with E-state index in [1.807, 2.05) is 13.0 Å². The van der Waals surface area contributed by atoms with E-state index in [0.29, 0.717) is 16.3 Å². The second-order valence-electron chi connectivity index (χ2n) is 3.62. The fraction of sp³-hybridized carbons (Fsp3) is 0.455. The summed E-state index contributed by atoms with van der Waals surface area (Å²) in [5.41, 5.74) is 7.14. The molecule has 84 valence electrons. The summed E-state index contributed by atoms with van der Waals surface area (Å²) in [6.07, 6.45) is -0.813. The Hall–Kier alpha value is -0.770. The first-order valence-corrected chi connectivity index (χ1v) is 5.13. The van der Waals surface area contributed by atoms with Crippen LogP contribution in [0.2, 0.25) is 5.02 Å². The number of aryl methyl sites for hydroxylation is 1. The van der Waals surface area contributed by atoms with Crippen LogP contribution in [0.3, 0.4) is 0 Å². The molecule has 0 saturated heterocycles. The Labute approximate surface area is 94.8 Å². The molecule has 0 spiro atoms. The molecular formula is C11H16ClNO2. The second-order valence-corrected chi connectivity index (χ2v) is 4.02. The van der Waals surface area contributed by atoms with Gasteiger partial charge in [-0.15, -0.1) is 0 Å². The predicted octanol–water partition coefficient (Wildman–Crippen LogP) is 2.04. The van der Waals surface area contributed by atoms with Gasteiger partial charge in [0.15, 0.2) is 0 Å². The zero-order valence-electron chi connectivity index (χ0n) is 9.12. The number of halogens is 1. The van der Waals surface area contributed by atoms with Crippen molar-refractivity contribution in [2.45, 2.75) is 26.0 Å². The minimum atomic E-state index is -0.813. The summed E-state index contributed by atoms with van der Waals surface area (Å²) in [6.45, 7) is 3.62. The van der Waals surface area contributed by atoms with Crippen LogP contribution in [-0.4, -0.2) is 18.3 Å². The van der Waals surface area contributed by atoms with Gasteiger partial charge in [0, 0.05) is 11.6 Å². The van der Waals surface area contributed by atoms with E-state index in [0.717, 1.165) is 5.56 Å². The van der Waals surface area contributed by atoms with E-state index in [1.54, 1.807) is 20.1 Å². The molecular weight excluding hydrogens is 214 g/mol. The van der Waals surface area contributed by atoms with Crippen molar-refractivity contribution in [1.29, 1.82) is 0 Å². The van der Waals surface area contributed by atoms with Crippen LogP contribution < -0.4 is 10.5 Å². The van der Waals surface area contributed by atoms with E-state index < -0.39 is 12.1 Å². The van der Waals surface area contributed by atoms with Gasteiger partial charge in [-0.1, -0.05) is 17.7 Å². The lowest BCUT2D eigenvalue weighted by Gasteiger charge is -2.20. The van der Waals surface area contributed by atoms with Crippen LogP contribution in [0.5, 0.6) is 5.75 Å². The summed E-state index contributed by atoms with van der Waals surface area (Å²) in [5, 5.41) is 10.4. The smallest absolute Gasteiger partial charge is 0.129 e. The first kappa shape index (κ1) is 12.3. The van der Waals surface area contributed by atoms with Crippen molar-refractivity contribution in [3.05, 3.63) is 28.3 Å². The highest BCUT2D eigenvalue weighted by Crippen LogP contribution is 2.35. The molecule has 0 aliphatic heterocycles. The fourth-order valence-corrected chi connectivity index (χ4v) is 1.75. The zero-order valence-corrected chi connectivity index (χ0v) is 9.88. The number of methoxy groups -OCH3 is 1. The Morgan fingerprint density at radius 1 is 1.47 bits per heavy atom. The van der Waals surface area contributed by atoms with Crippen molar-refractivity contribution in [1.82, 2.24) is 0 Å². The summed E-state index contributed by atoms with van der Waals surface area (Å²) in [6, 6.07) is 3.19. The topological polar surface area (TPSA) is 55.5 Å². The molecule has 1 aromatic rings. The van der Waals surface area contributed by atoms with Crippen molar-refractivity contribution in [3.8, 4) is 5.75 Å². The number of aliphatic hydroxyl groups excluding tert-OH is 1. The third kappa shape index (κ3) is 2.43. The van der Waals surface area contributed by atoms with E-state index in [4.69, 9.17) is 22.1 Å². The number of ether oxygens (including phenoxy) is 1. The van der Waals surface area contributed by atoms with E-state index >= 15 is 0 Å². The minimum Gasteiger partial charge on any atom is -0.496 e. The maximum Gasteiger partial charge on any atom is 0.129 e. The summed E-state index contributed by atoms with van der Waals surface area (Å²) in [4.78, 5) is 0. The molecule has 0 radical (unpaired) electrons. The van der Waals surface area contributed by atoms with Crippen LogP contribution in [-0.2, 0) is 0 Å². The Morgan fingerprint density at radius 2 is 2.07 bits per heavy atom. The lowest BCUT2D eigenvalue weighted by atomic mass is 10.0. The molecule has 0 aliphatic rings. The average molecular weight is 230 g/mol. The minimum absolute atomic E-state index is 0.391. The van der Waals surface area contributed by atoms with Crippen LogP contribution in [0.1, 0.15) is 24.2 Å². The summed E-state index contributed by atoms with van der Waals surface area (Å²) in [5.74, 6) is 0.604. The van der Waals surface area contributed by atoms with Crippen LogP contribution in [0.4, 0.5) is 0 Å². The van der Waals surface area contributed by atoms with E-state index in [2.05, 4.69) is 0 Å². The largest absolute Gasteiger partial charge is 0.496 e. The van der Waals surface area contributed by atoms with Crippen molar-refractivity contribution >= 4 is 11.6 Å². The maximum absolute atomic E-state index is 9.93. The molecule has 0 heterocycles. The van der Waals surface area contributed by atoms with Crippen molar-refractivity contribution < 1.29 is 9.84 Å². The highest BCUT2D eigenvalue weighted by Gasteiger charge is 2.21. The summed E-state index contributed by atoms with van der Waals surface area (Å²) >= 11 is 6.02. The Balaban J connectivity index is 3.30. The molecule has 0 bridgehead atoms. The normalized spacial score (nSPS) is 14.8. The monoisotopic (exact) mass is 229 g/mol. The number of hydrogen-bond donors (Lipinski definition) is 2. The van der Waals surface area contributed by atoms with Crippen LogP contribution in [0.25, 0.3) is 0 Å². The van der Waals surface area contributed by atoms with Crippen LogP contribution >= 0.6 is 11.6 Å².